The van der Waals surface area contributed by atoms with Crippen molar-refractivity contribution in [2.24, 2.45) is 0 Å². The molecule has 0 bridgehead atoms. The number of ether oxygens (including phenoxy) is 3. The third-order valence-electron chi connectivity index (χ3n) is 4.08. The monoisotopic (exact) mass is 403 g/mol. The average Bonchev–Trinajstić information content (AvgIpc) is 2.99. The van der Waals surface area contributed by atoms with E-state index in [0.717, 1.165) is 12.1 Å². The van der Waals surface area contributed by atoms with Gasteiger partial charge in [0, 0.05) is 25.9 Å². The minimum absolute atomic E-state index is 0.0857. The van der Waals surface area contributed by atoms with Crippen LogP contribution >= 0.6 is 0 Å². The fourth-order valence-electron chi connectivity index (χ4n) is 2.56. The highest BCUT2D eigenvalue weighted by atomic mass is 16.5. The first kappa shape index (κ1) is 20.6. The van der Waals surface area contributed by atoms with Crippen molar-refractivity contribution in [3.8, 4) is 11.9 Å². The molecule has 0 saturated heterocycles. The van der Waals surface area contributed by atoms with Gasteiger partial charge in [0.15, 0.2) is 11.5 Å². The van der Waals surface area contributed by atoms with Gasteiger partial charge in [-0.25, -0.2) is 9.78 Å². The largest absolute Gasteiger partial charge is 0.476 e. The molecule has 0 aliphatic heterocycles. The summed E-state index contributed by atoms with van der Waals surface area (Å²) in [6, 6.07) is 3.71. The molecule has 11 nitrogen and oxygen atoms in total. The summed E-state index contributed by atoms with van der Waals surface area (Å²) in [7, 11) is 5.52. The summed E-state index contributed by atoms with van der Waals surface area (Å²) in [6.07, 6.45) is 1.66. The molecule has 0 aliphatic rings. The number of nitrogens with two attached hydrogens (primary N) is 1. The maximum Gasteiger partial charge on any atom is 0.328 e. The van der Waals surface area contributed by atoms with Crippen molar-refractivity contribution < 1.29 is 14.2 Å². The first-order chi connectivity index (χ1) is 14.0. The maximum absolute atomic E-state index is 12.4. The number of imidazole rings is 1. The zero-order valence-corrected chi connectivity index (χ0v) is 16.7. The summed E-state index contributed by atoms with van der Waals surface area (Å²) in [5.74, 6) is 0.670. The number of fused-ring (bicyclic) bond motifs is 1. The number of likely N-dealkylation sites (N-methyl/N-ethyl adjacent to an activating group) is 1. The van der Waals surface area contributed by atoms with E-state index in [1.54, 1.807) is 19.4 Å². The summed E-state index contributed by atoms with van der Waals surface area (Å²) in [6.45, 7) is 2.26. The summed E-state index contributed by atoms with van der Waals surface area (Å²) < 4.78 is 17.4. The number of anilines is 1. The number of H-pyrrole nitrogens is 1. The molecule has 0 aromatic carbocycles. The normalized spacial score (nSPS) is 11.3. The van der Waals surface area contributed by atoms with Gasteiger partial charge in [0.05, 0.1) is 13.2 Å². The zero-order valence-electron chi connectivity index (χ0n) is 16.7. The number of methoxy groups -OCH3 is 1. The lowest BCUT2D eigenvalue weighted by molar-refractivity contribution is 0.141. The quantitative estimate of drug-likeness (QED) is 0.452. The zero-order chi connectivity index (χ0) is 20.8. The standard InChI is InChI=1S/C18H25N7O4/c1-24(2)6-7-28-13-5-4-12(10-20-13)11-25-16-14(21-18(25)26)15(19)22-17(23-16)29-9-8-27-3/h4-5,10H,6-9,11H2,1-3H3,(H,21,26)(H2,19,22,23). The lowest BCUT2D eigenvalue weighted by Gasteiger charge is -2.10. The highest BCUT2D eigenvalue weighted by Gasteiger charge is 2.15. The smallest absolute Gasteiger partial charge is 0.328 e. The van der Waals surface area contributed by atoms with Crippen molar-refractivity contribution in [1.29, 1.82) is 0 Å². The van der Waals surface area contributed by atoms with Gasteiger partial charge < -0.3 is 29.8 Å². The van der Waals surface area contributed by atoms with Gasteiger partial charge in [0.2, 0.25) is 5.88 Å². The Morgan fingerprint density at radius 1 is 1.17 bits per heavy atom. The number of hydrogen-bond acceptors (Lipinski definition) is 9. The maximum atomic E-state index is 12.4. The molecule has 0 unspecified atom stereocenters. The summed E-state index contributed by atoms with van der Waals surface area (Å²) in [5.41, 5.74) is 7.14. The molecule has 0 aliphatic carbocycles. The molecule has 156 valence electrons. The van der Waals surface area contributed by atoms with Gasteiger partial charge in [-0.2, -0.15) is 9.97 Å². The number of nitrogens with one attached hydrogen (secondary N) is 1. The fourth-order valence-corrected chi connectivity index (χ4v) is 2.56. The van der Waals surface area contributed by atoms with Crippen molar-refractivity contribution in [1.82, 2.24) is 29.4 Å². The van der Waals surface area contributed by atoms with Crippen LogP contribution in [0.3, 0.4) is 0 Å². The summed E-state index contributed by atoms with van der Waals surface area (Å²) in [5, 5.41) is 0. The Morgan fingerprint density at radius 2 is 2.00 bits per heavy atom. The van der Waals surface area contributed by atoms with Crippen LogP contribution < -0.4 is 20.9 Å². The SMILES string of the molecule is COCCOc1nc(N)c2[nH]c(=O)n(Cc3ccc(OCCN(C)C)nc3)c2n1. The number of nitrogen functional groups attached to an aromatic ring is 1. The molecule has 3 heterocycles. The summed E-state index contributed by atoms with van der Waals surface area (Å²) >= 11 is 0. The van der Waals surface area contributed by atoms with Crippen LogP contribution in [0.25, 0.3) is 11.2 Å². The average molecular weight is 403 g/mol. The van der Waals surface area contributed by atoms with Gasteiger partial charge in [-0.1, -0.05) is 6.07 Å². The Labute approximate surface area is 167 Å². The molecular weight excluding hydrogens is 378 g/mol. The lowest BCUT2D eigenvalue weighted by atomic mass is 10.3. The predicted octanol–water partition coefficient (Wildman–Crippen LogP) is 0.111. The first-order valence-corrected chi connectivity index (χ1v) is 9.08. The third kappa shape index (κ3) is 5.21. The Kier molecular flexibility index (Phi) is 6.62. The van der Waals surface area contributed by atoms with E-state index < -0.39 is 0 Å². The van der Waals surface area contributed by atoms with Crippen molar-refractivity contribution in [3.63, 3.8) is 0 Å². The molecule has 3 aromatic rings. The Morgan fingerprint density at radius 3 is 2.69 bits per heavy atom. The number of rotatable bonds is 10. The second-order valence-corrected chi connectivity index (χ2v) is 6.60. The van der Waals surface area contributed by atoms with Crippen molar-refractivity contribution in [2.45, 2.75) is 6.54 Å². The molecular formula is C18H25N7O4. The van der Waals surface area contributed by atoms with Crippen LogP contribution in [0, 0.1) is 0 Å². The van der Waals surface area contributed by atoms with Crippen LogP contribution in [0.5, 0.6) is 11.9 Å². The number of aromatic amines is 1. The molecule has 3 N–H and O–H groups in total. The van der Waals surface area contributed by atoms with E-state index in [9.17, 15) is 4.79 Å². The minimum atomic E-state index is -0.346. The Bertz CT molecular complexity index is 998. The third-order valence-corrected chi connectivity index (χ3v) is 4.08. The highest BCUT2D eigenvalue weighted by molar-refractivity contribution is 5.81. The lowest BCUT2D eigenvalue weighted by Crippen LogP contribution is -2.20. The first-order valence-electron chi connectivity index (χ1n) is 9.08. The molecule has 0 saturated carbocycles. The molecule has 0 amide bonds. The van der Waals surface area contributed by atoms with E-state index in [2.05, 4.69) is 19.9 Å². The highest BCUT2D eigenvalue weighted by Crippen LogP contribution is 2.18. The molecule has 0 atom stereocenters. The van der Waals surface area contributed by atoms with E-state index in [-0.39, 0.29) is 30.7 Å². The molecule has 11 heteroatoms. The Hall–Kier alpha value is -3.18. The van der Waals surface area contributed by atoms with Gasteiger partial charge in [0.1, 0.15) is 18.7 Å². The van der Waals surface area contributed by atoms with Gasteiger partial charge in [0.25, 0.3) is 0 Å². The van der Waals surface area contributed by atoms with Gasteiger partial charge in [-0.05, 0) is 19.7 Å². The summed E-state index contributed by atoms with van der Waals surface area (Å²) in [4.78, 5) is 29.8. The van der Waals surface area contributed by atoms with E-state index in [4.69, 9.17) is 19.9 Å². The van der Waals surface area contributed by atoms with Crippen LogP contribution in [-0.2, 0) is 11.3 Å². The van der Waals surface area contributed by atoms with E-state index in [0.29, 0.717) is 30.3 Å². The Balaban J connectivity index is 1.78. The number of aromatic nitrogens is 5. The van der Waals surface area contributed by atoms with E-state index in [1.165, 1.54) is 4.57 Å². The van der Waals surface area contributed by atoms with Crippen molar-refractivity contribution in [2.75, 3.05) is 53.3 Å². The van der Waals surface area contributed by atoms with Crippen LogP contribution in [0.1, 0.15) is 5.56 Å². The topological polar surface area (TPSA) is 133 Å². The van der Waals surface area contributed by atoms with Gasteiger partial charge in [-0.15, -0.1) is 0 Å². The van der Waals surface area contributed by atoms with Crippen LogP contribution in [-0.4, -0.2) is 77.0 Å². The predicted molar refractivity (Wildman–Crippen MR) is 107 cm³/mol. The van der Waals surface area contributed by atoms with Crippen LogP contribution in [0.15, 0.2) is 23.1 Å². The fraction of sp³-hybridized carbons (Fsp3) is 0.444. The number of pyridine rings is 1. The van der Waals surface area contributed by atoms with Gasteiger partial charge >= 0.3 is 11.7 Å². The molecule has 3 rings (SSSR count). The van der Waals surface area contributed by atoms with Gasteiger partial charge in [-0.3, -0.25) is 4.57 Å². The van der Waals surface area contributed by atoms with E-state index in [1.807, 2.05) is 25.1 Å². The molecule has 3 aromatic heterocycles. The number of nitrogens with zero attached hydrogens (tertiary/aromatic N) is 5. The molecule has 0 radical (unpaired) electrons. The van der Waals surface area contributed by atoms with Crippen molar-refractivity contribution in [3.05, 3.63) is 34.4 Å². The van der Waals surface area contributed by atoms with Crippen LogP contribution in [0.2, 0.25) is 0 Å². The second-order valence-electron chi connectivity index (χ2n) is 6.60. The minimum Gasteiger partial charge on any atom is -0.476 e. The molecule has 0 fully saturated rings. The molecule has 29 heavy (non-hydrogen) atoms. The van der Waals surface area contributed by atoms with Crippen molar-refractivity contribution >= 4 is 17.0 Å². The van der Waals surface area contributed by atoms with Crippen LogP contribution in [0.4, 0.5) is 5.82 Å². The van der Waals surface area contributed by atoms with E-state index >= 15 is 0 Å². The second kappa shape index (κ2) is 9.34. The number of hydrogen-bond donors (Lipinski definition) is 2. The molecule has 0 spiro atoms.